The van der Waals surface area contributed by atoms with E-state index in [9.17, 15) is 9.59 Å². The van der Waals surface area contributed by atoms with E-state index in [0.29, 0.717) is 35.9 Å². The van der Waals surface area contributed by atoms with Crippen molar-refractivity contribution < 1.29 is 19.1 Å². The van der Waals surface area contributed by atoms with Gasteiger partial charge in [0.2, 0.25) is 0 Å². The molecule has 2 aromatic heterocycles. The van der Waals surface area contributed by atoms with Gasteiger partial charge >= 0.3 is 0 Å². The first-order chi connectivity index (χ1) is 19.0. The quantitative estimate of drug-likeness (QED) is 0.370. The molecule has 5 rings (SSSR count). The second-order valence-corrected chi connectivity index (χ2v) is 9.22. The monoisotopic (exact) mass is 526 g/mol. The molecule has 1 N–H and O–H groups in total. The van der Waals surface area contributed by atoms with Crippen LogP contribution in [0.2, 0.25) is 0 Å². The minimum absolute atomic E-state index is 0.139. The van der Waals surface area contributed by atoms with Gasteiger partial charge in [0.25, 0.3) is 11.8 Å². The summed E-state index contributed by atoms with van der Waals surface area (Å²) in [6.07, 6.45) is 3.35. The van der Waals surface area contributed by atoms with Gasteiger partial charge in [0, 0.05) is 44.0 Å². The number of nitrogens with zero attached hydrogens (tertiary/aromatic N) is 5. The van der Waals surface area contributed by atoms with E-state index in [1.807, 2.05) is 55.6 Å². The van der Waals surface area contributed by atoms with E-state index >= 15 is 0 Å². The number of ether oxygens (including phenoxy) is 2. The Hall–Kier alpha value is -4.70. The number of rotatable bonds is 7. The van der Waals surface area contributed by atoms with Crippen LogP contribution in [0.25, 0.3) is 23.0 Å². The number of carbonyl (C=O) groups excluding carboxylic acids is 2. The highest BCUT2D eigenvalue weighted by Gasteiger charge is 2.25. The predicted octanol–water partition coefficient (Wildman–Crippen LogP) is 2.96. The van der Waals surface area contributed by atoms with Crippen LogP contribution in [0.15, 0.2) is 72.6 Å². The Morgan fingerprint density at radius 1 is 0.923 bits per heavy atom. The summed E-state index contributed by atoms with van der Waals surface area (Å²) >= 11 is 0. The standard InChI is InChI=1S/C29H30N6O4/c1-33-13-15-34(16-14-33)29(37)23(17-20-7-5-4-6-8-20)31-28(36)22-19-27-30-12-11-24(35(27)32-22)21-9-10-25(38-2)26(18-21)39-3/h4-12,17-19H,13-16H2,1-3H3,(H,31,36). The molecule has 2 aromatic carbocycles. The summed E-state index contributed by atoms with van der Waals surface area (Å²) < 4.78 is 12.4. The zero-order valence-corrected chi connectivity index (χ0v) is 22.1. The van der Waals surface area contributed by atoms with Gasteiger partial charge in [-0.2, -0.15) is 5.10 Å². The van der Waals surface area contributed by atoms with Gasteiger partial charge < -0.3 is 24.6 Å². The van der Waals surface area contributed by atoms with Gasteiger partial charge in [-0.1, -0.05) is 30.3 Å². The maximum absolute atomic E-state index is 13.5. The van der Waals surface area contributed by atoms with Gasteiger partial charge in [-0.3, -0.25) is 9.59 Å². The summed E-state index contributed by atoms with van der Waals surface area (Å²) in [5.74, 6) is 0.453. The van der Waals surface area contributed by atoms with Crippen molar-refractivity contribution in [3.05, 3.63) is 83.8 Å². The fourth-order valence-electron chi connectivity index (χ4n) is 4.45. The molecule has 200 valence electrons. The normalized spacial score (nSPS) is 14.3. The average Bonchev–Trinajstić information content (AvgIpc) is 3.42. The van der Waals surface area contributed by atoms with Gasteiger partial charge in [0.05, 0.1) is 19.9 Å². The molecule has 0 radical (unpaired) electrons. The van der Waals surface area contributed by atoms with Crippen LogP contribution in [0.3, 0.4) is 0 Å². The molecule has 1 saturated heterocycles. The Morgan fingerprint density at radius 2 is 1.67 bits per heavy atom. The highest BCUT2D eigenvalue weighted by Crippen LogP contribution is 2.32. The van der Waals surface area contributed by atoms with Crippen LogP contribution in [0.4, 0.5) is 0 Å². The van der Waals surface area contributed by atoms with Crippen LogP contribution in [0.5, 0.6) is 11.5 Å². The first kappa shape index (κ1) is 25.9. The summed E-state index contributed by atoms with van der Waals surface area (Å²) in [7, 11) is 5.18. The van der Waals surface area contributed by atoms with Crippen LogP contribution in [-0.2, 0) is 4.79 Å². The molecular formula is C29H30N6O4. The van der Waals surface area contributed by atoms with Crippen molar-refractivity contribution in [2.75, 3.05) is 47.4 Å². The fourth-order valence-corrected chi connectivity index (χ4v) is 4.45. The van der Waals surface area contributed by atoms with E-state index < -0.39 is 5.91 Å². The smallest absolute Gasteiger partial charge is 0.276 e. The van der Waals surface area contributed by atoms with E-state index in [0.717, 1.165) is 24.2 Å². The van der Waals surface area contributed by atoms with Crippen LogP contribution in [0.1, 0.15) is 16.1 Å². The van der Waals surface area contributed by atoms with Gasteiger partial charge in [0.15, 0.2) is 22.8 Å². The molecule has 3 heterocycles. The lowest BCUT2D eigenvalue weighted by Gasteiger charge is -2.33. The highest BCUT2D eigenvalue weighted by atomic mass is 16.5. The molecule has 0 bridgehead atoms. The van der Waals surface area contributed by atoms with Crippen LogP contribution in [0, 0.1) is 0 Å². The zero-order chi connectivity index (χ0) is 27.4. The third-order valence-corrected chi connectivity index (χ3v) is 6.65. The van der Waals surface area contributed by atoms with Crippen molar-refractivity contribution in [3.8, 4) is 22.8 Å². The largest absolute Gasteiger partial charge is 0.493 e. The number of benzene rings is 2. The lowest BCUT2D eigenvalue weighted by atomic mass is 10.1. The number of nitrogens with one attached hydrogen (secondary N) is 1. The summed E-state index contributed by atoms with van der Waals surface area (Å²) in [5.41, 5.74) is 3.16. The predicted molar refractivity (Wildman–Crippen MR) is 147 cm³/mol. The van der Waals surface area contributed by atoms with Crippen LogP contribution >= 0.6 is 0 Å². The van der Waals surface area contributed by atoms with E-state index in [4.69, 9.17) is 9.47 Å². The molecule has 2 amide bonds. The molecule has 1 aliphatic rings. The second kappa shape index (κ2) is 11.4. The molecule has 10 heteroatoms. The molecule has 39 heavy (non-hydrogen) atoms. The number of hydrogen-bond acceptors (Lipinski definition) is 7. The molecule has 1 fully saturated rings. The Morgan fingerprint density at radius 3 is 2.38 bits per heavy atom. The van der Waals surface area contributed by atoms with Gasteiger partial charge in [-0.25, -0.2) is 9.50 Å². The minimum Gasteiger partial charge on any atom is -0.493 e. The van der Waals surface area contributed by atoms with Crippen LogP contribution in [-0.4, -0.2) is 83.7 Å². The van der Waals surface area contributed by atoms with Gasteiger partial charge in [0.1, 0.15) is 5.70 Å². The first-order valence-electron chi connectivity index (χ1n) is 12.6. The Bertz CT molecular complexity index is 1520. The second-order valence-electron chi connectivity index (χ2n) is 9.22. The summed E-state index contributed by atoms with van der Waals surface area (Å²) in [4.78, 5) is 35.2. The van der Waals surface area contributed by atoms with Crippen LogP contribution < -0.4 is 14.8 Å². The van der Waals surface area contributed by atoms with Crippen molar-refractivity contribution >= 4 is 23.5 Å². The third kappa shape index (κ3) is 5.60. The average molecular weight is 527 g/mol. The SMILES string of the molecule is COc1ccc(-c2ccnc3cc(C(=O)NC(=Cc4ccccc4)C(=O)N4CCN(C)CC4)nn23)cc1OC. The third-order valence-electron chi connectivity index (χ3n) is 6.65. The fraction of sp³-hybridized carbons (Fsp3) is 0.241. The summed E-state index contributed by atoms with van der Waals surface area (Å²) in [5, 5.41) is 7.36. The van der Waals surface area contributed by atoms with E-state index in [2.05, 4.69) is 20.3 Å². The molecule has 0 unspecified atom stereocenters. The number of amides is 2. The Kier molecular flexibility index (Phi) is 7.55. The molecule has 4 aromatic rings. The topological polar surface area (TPSA) is 101 Å². The Labute approximate surface area is 226 Å². The number of piperazine rings is 1. The number of hydrogen-bond donors (Lipinski definition) is 1. The molecule has 0 aliphatic carbocycles. The van der Waals surface area contributed by atoms with Crippen molar-refractivity contribution in [2.24, 2.45) is 0 Å². The lowest BCUT2D eigenvalue weighted by Crippen LogP contribution is -2.49. The number of fused-ring (bicyclic) bond motifs is 1. The number of carbonyl (C=O) groups is 2. The van der Waals surface area contributed by atoms with Crippen molar-refractivity contribution in [3.63, 3.8) is 0 Å². The molecule has 10 nitrogen and oxygen atoms in total. The van der Waals surface area contributed by atoms with Crippen molar-refractivity contribution in [1.29, 1.82) is 0 Å². The molecule has 0 spiro atoms. The lowest BCUT2D eigenvalue weighted by molar-refractivity contribution is -0.128. The minimum atomic E-state index is -0.497. The number of aromatic nitrogens is 3. The number of methoxy groups -OCH3 is 2. The first-order valence-corrected chi connectivity index (χ1v) is 12.6. The maximum Gasteiger partial charge on any atom is 0.276 e. The van der Waals surface area contributed by atoms with Gasteiger partial charge in [-0.15, -0.1) is 0 Å². The maximum atomic E-state index is 13.5. The van der Waals surface area contributed by atoms with Crippen molar-refractivity contribution in [2.45, 2.75) is 0 Å². The summed E-state index contributed by atoms with van der Waals surface area (Å²) in [6, 6.07) is 18.4. The zero-order valence-electron chi connectivity index (χ0n) is 22.1. The molecular weight excluding hydrogens is 496 g/mol. The van der Waals surface area contributed by atoms with E-state index in [1.165, 1.54) is 0 Å². The number of likely N-dealkylation sites (N-methyl/N-ethyl adjacent to an activating group) is 1. The molecule has 1 aliphatic heterocycles. The molecule has 0 saturated carbocycles. The van der Waals surface area contributed by atoms with E-state index in [-0.39, 0.29) is 17.3 Å². The molecule has 0 atom stereocenters. The Balaban J connectivity index is 1.46. The van der Waals surface area contributed by atoms with E-state index in [1.54, 1.807) is 48.0 Å². The highest BCUT2D eigenvalue weighted by molar-refractivity contribution is 6.05. The summed E-state index contributed by atoms with van der Waals surface area (Å²) in [6.45, 7) is 2.72. The van der Waals surface area contributed by atoms with Gasteiger partial charge in [-0.05, 0) is 43.0 Å². The van der Waals surface area contributed by atoms with Crippen molar-refractivity contribution in [1.82, 2.24) is 29.7 Å².